The minimum atomic E-state index is 0.670. The van der Waals surface area contributed by atoms with Gasteiger partial charge < -0.3 is 10.6 Å². The Morgan fingerprint density at radius 2 is 1.78 bits per heavy atom. The quantitative estimate of drug-likeness (QED) is 0.787. The number of anilines is 2. The summed E-state index contributed by atoms with van der Waals surface area (Å²) in [7, 11) is 0. The number of hydrogen-bond acceptors (Lipinski definition) is 5. The molecule has 1 aromatic carbocycles. The maximum Gasteiger partial charge on any atom is 0.139 e. The second kappa shape index (κ2) is 5.83. The van der Waals surface area contributed by atoms with Crippen LogP contribution < -0.4 is 10.6 Å². The van der Waals surface area contributed by atoms with Crippen LogP contribution in [0.25, 0.3) is 22.0 Å². The lowest BCUT2D eigenvalue weighted by Gasteiger charge is -2.28. The Bertz CT molecular complexity index is 840. The van der Waals surface area contributed by atoms with Crippen molar-refractivity contribution in [3.63, 3.8) is 0 Å². The molecule has 5 nitrogen and oxygen atoms in total. The minimum Gasteiger partial charge on any atom is -0.397 e. The average molecular weight is 305 g/mol. The lowest BCUT2D eigenvalue weighted by atomic mass is 10.0. The number of rotatable bonds is 2. The highest BCUT2D eigenvalue weighted by molar-refractivity contribution is 5.93. The third-order valence-electron chi connectivity index (χ3n) is 4.36. The Hall–Kier alpha value is -2.69. The van der Waals surface area contributed by atoms with Crippen molar-refractivity contribution in [1.82, 2.24) is 15.0 Å². The third kappa shape index (κ3) is 2.70. The lowest BCUT2D eigenvalue weighted by molar-refractivity contribution is 0.574. The van der Waals surface area contributed by atoms with Crippen molar-refractivity contribution in [2.24, 2.45) is 0 Å². The first-order valence-corrected chi connectivity index (χ1v) is 8.02. The van der Waals surface area contributed by atoms with E-state index in [-0.39, 0.29) is 0 Å². The highest BCUT2D eigenvalue weighted by Gasteiger charge is 2.15. The largest absolute Gasteiger partial charge is 0.397 e. The number of benzene rings is 1. The summed E-state index contributed by atoms with van der Waals surface area (Å²) >= 11 is 0. The van der Waals surface area contributed by atoms with E-state index in [2.05, 4.69) is 32.0 Å². The molecule has 0 amide bonds. The van der Waals surface area contributed by atoms with Gasteiger partial charge in [-0.05, 0) is 43.0 Å². The van der Waals surface area contributed by atoms with E-state index < -0.39 is 0 Å². The molecule has 3 heterocycles. The molecular formula is C18H19N5. The molecule has 1 aliphatic rings. The number of pyridine rings is 1. The van der Waals surface area contributed by atoms with Gasteiger partial charge in [-0.1, -0.05) is 6.07 Å². The second-order valence-corrected chi connectivity index (χ2v) is 5.98. The fraction of sp³-hybridized carbons (Fsp3) is 0.278. The van der Waals surface area contributed by atoms with E-state index in [0.717, 1.165) is 40.9 Å². The third-order valence-corrected chi connectivity index (χ3v) is 4.36. The van der Waals surface area contributed by atoms with Gasteiger partial charge in [-0.15, -0.1) is 0 Å². The maximum absolute atomic E-state index is 5.86. The number of nitrogens with two attached hydrogens (primary N) is 1. The van der Waals surface area contributed by atoms with E-state index in [1.807, 2.05) is 18.3 Å². The summed E-state index contributed by atoms with van der Waals surface area (Å²) in [5.74, 6) is 1.04. The average Bonchev–Trinajstić information content (AvgIpc) is 2.61. The number of hydrogen-bond donors (Lipinski definition) is 1. The Kier molecular flexibility index (Phi) is 3.54. The normalized spacial score (nSPS) is 15.0. The van der Waals surface area contributed by atoms with E-state index in [4.69, 9.17) is 5.73 Å². The van der Waals surface area contributed by atoms with Crippen molar-refractivity contribution in [3.05, 3.63) is 43.0 Å². The van der Waals surface area contributed by atoms with Gasteiger partial charge in [-0.2, -0.15) is 0 Å². The maximum atomic E-state index is 5.86. The predicted molar refractivity (Wildman–Crippen MR) is 93.2 cm³/mol. The van der Waals surface area contributed by atoms with Crippen LogP contribution in [0.3, 0.4) is 0 Å². The fourth-order valence-corrected chi connectivity index (χ4v) is 3.20. The molecule has 3 aromatic rings. The number of aromatic nitrogens is 3. The first-order chi connectivity index (χ1) is 11.3. The van der Waals surface area contributed by atoms with Crippen LogP contribution in [0.5, 0.6) is 0 Å². The summed E-state index contributed by atoms with van der Waals surface area (Å²) < 4.78 is 0. The summed E-state index contributed by atoms with van der Waals surface area (Å²) in [6.45, 7) is 2.13. The monoisotopic (exact) mass is 305 g/mol. The van der Waals surface area contributed by atoms with Gasteiger partial charge in [0.1, 0.15) is 12.1 Å². The zero-order chi connectivity index (χ0) is 15.6. The predicted octanol–water partition coefficient (Wildman–Crippen LogP) is 3.26. The lowest BCUT2D eigenvalue weighted by Crippen LogP contribution is -2.30. The molecule has 2 aromatic heterocycles. The van der Waals surface area contributed by atoms with Gasteiger partial charge in [-0.3, -0.25) is 4.98 Å². The Labute approximate surface area is 135 Å². The van der Waals surface area contributed by atoms with Gasteiger partial charge in [0.25, 0.3) is 0 Å². The molecule has 23 heavy (non-hydrogen) atoms. The van der Waals surface area contributed by atoms with E-state index in [1.165, 1.54) is 19.3 Å². The fourth-order valence-electron chi connectivity index (χ4n) is 3.20. The summed E-state index contributed by atoms with van der Waals surface area (Å²) in [6, 6.07) is 8.20. The summed E-state index contributed by atoms with van der Waals surface area (Å²) in [5, 5.41) is 1.09. The Morgan fingerprint density at radius 1 is 0.913 bits per heavy atom. The van der Waals surface area contributed by atoms with Crippen molar-refractivity contribution in [2.75, 3.05) is 23.7 Å². The van der Waals surface area contributed by atoms with Gasteiger partial charge in [-0.25, -0.2) is 9.97 Å². The van der Waals surface area contributed by atoms with Crippen molar-refractivity contribution in [3.8, 4) is 11.1 Å². The van der Waals surface area contributed by atoms with Crippen LogP contribution in [-0.2, 0) is 0 Å². The number of fused-ring (bicyclic) bond motifs is 1. The second-order valence-electron chi connectivity index (χ2n) is 5.98. The molecular weight excluding hydrogens is 286 g/mol. The van der Waals surface area contributed by atoms with E-state index in [0.29, 0.717) is 5.69 Å². The highest BCUT2D eigenvalue weighted by Crippen LogP contribution is 2.30. The van der Waals surface area contributed by atoms with Crippen LogP contribution in [0.2, 0.25) is 0 Å². The van der Waals surface area contributed by atoms with E-state index >= 15 is 0 Å². The minimum absolute atomic E-state index is 0.670. The molecule has 1 saturated heterocycles. The van der Waals surface area contributed by atoms with Crippen LogP contribution in [0.1, 0.15) is 19.3 Å². The molecule has 1 fully saturated rings. The van der Waals surface area contributed by atoms with Gasteiger partial charge in [0.05, 0.1) is 11.2 Å². The molecule has 1 aliphatic heterocycles. The van der Waals surface area contributed by atoms with Gasteiger partial charge in [0, 0.05) is 36.4 Å². The Balaban J connectivity index is 1.83. The van der Waals surface area contributed by atoms with Crippen LogP contribution in [-0.4, -0.2) is 28.0 Å². The van der Waals surface area contributed by atoms with Crippen molar-refractivity contribution in [1.29, 1.82) is 0 Å². The molecule has 116 valence electrons. The molecule has 5 heteroatoms. The molecule has 0 aliphatic carbocycles. The first-order valence-electron chi connectivity index (χ1n) is 8.02. The Morgan fingerprint density at radius 3 is 2.61 bits per heavy atom. The summed E-state index contributed by atoms with van der Waals surface area (Å²) in [4.78, 5) is 15.5. The number of piperidine rings is 1. The zero-order valence-corrected chi connectivity index (χ0v) is 12.9. The zero-order valence-electron chi connectivity index (χ0n) is 12.9. The van der Waals surface area contributed by atoms with E-state index in [9.17, 15) is 0 Å². The van der Waals surface area contributed by atoms with Crippen molar-refractivity contribution >= 4 is 22.4 Å². The number of nitrogen functional groups attached to an aromatic ring is 1. The SMILES string of the molecule is Nc1cncc(-c2ccc3ncnc(N4CCCCC4)c3c2)c1. The van der Waals surface area contributed by atoms with Crippen LogP contribution in [0, 0.1) is 0 Å². The molecule has 0 unspecified atom stereocenters. The standard InChI is InChI=1S/C18H19N5/c19-15-8-14(10-20-11-15)13-4-5-17-16(9-13)18(22-12-21-17)23-6-2-1-3-7-23/h4-5,8-12H,1-3,6-7,19H2. The molecule has 0 spiro atoms. The van der Waals surface area contributed by atoms with Gasteiger partial charge in [0.15, 0.2) is 0 Å². The van der Waals surface area contributed by atoms with Gasteiger partial charge >= 0.3 is 0 Å². The van der Waals surface area contributed by atoms with Crippen LogP contribution in [0.4, 0.5) is 11.5 Å². The smallest absolute Gasteiger partial charge is 0.139 e. The summed E-state index contributed by atoms with van der Waals surface area (Å²) in [6.07, 6.45) is 8.91. The summed E-state index contributed by atoms with van der Waals surface area (Å²) in [5.41, 5.74) is 9.61. The number of nitrogens with zero attached hydrogens (tertiary/aromatic N) is 4. The molecule has 0 atom stereocenters. The van der Waals surface area contributed by atoms with E-state index in [1.54, 1.807) is 12.5 Å². The van der Waals surface area contributed by atoms with Crippen LogP contribution >= 0.6 is 0 Å². The molecule has 0 bridgehead atoms. The van der Waals surface area contributed by atoms with Crippen LogP contribution in [0.15, 0.2) is 43.0 Å². The molecule has 0 saturated carbocycles. The van der Waals surface area contributed by atoms with Crippen molar-refractivity contribution < 1.29 is 0 Å². The highest BCUT2D eigenvalue weighted by atomic mass is 15.2. The molecule has 2 N–H and O–H groups in total. The topological polar surface area (TPSA) is 67.9 Å². The first kappa shape index (κ1) is 13.9. The van der Waals surface area contributed by atoms with Gasteiger partial charge in [0.2, 0.25) is 0 Å². The molecule has 4 rings (SSSR count). The molecule has 0 radical (unpaired) electrons. The van der Waals surface area contributed by atoms with Crippen molar-refractivity contribution in [2.45, 2.75) is 19.3 Å².